The molecule has 10 heteroatoms. The number of primary amides is 1. The number of halogens is 3. The molecule has 3 aromatic carbocycles. The quantitative estimate of drug-likeness (QED) is 0.238. The molecule has 42 heavy (non-hydrogen) atoms. The summed E-state index contributed by atoms with van der Waals surface area (Å²) in [6.45, 7) is 0.831. The van der Waals surface area contributed by atoms with Gasteiger partial charge < -0.3 is 25.0 Å². The van der Waals surface area contributed by atoms with Gasteiger partial charge in [-0.05, 0) is 78.6 Å². The van der Waals surface area contributed by atoms with E-state index in [2.05, 4.69) is 0 Å². The van der Waals surface area contributed by atoms with Crippen LogP contribution in [0.15, 0.2) is 72.8 Å². The SMILES string of the molecule is Cn1c(C(=O)N2CCC(C(N)=O)(c3ccc(Cl)cc3)CC2)cc(-c2ccc(Cl)cc2Cl)c1-c1ccc(OCCO)cc1. The van der Waals surface area contributed by atoms with Crippen LogP contribution in [0.25, 0.3) is 22.4 Å². The minimum Gasteiger partial charge on any atom is -0.491 e. The summed E-state index contributed by atoms with van der Waals surface area (Å²) >= 11 is 18.9. The Labute approximate surface area is 259 Å². The van der Waals surface area contributed by atoms with E-state index in [0.717, 1.165) is 27.9 Å². The number of carbonyl (C=O) groups is 2. The number of benzene rings is 3. The monoisotopic (exact) mass is 625 g/mol. The number of amides is 2. The van der Waals surface area contributed by atoms with E-state index in [1.165, 1.54) is 0 Å². The molecule has 0 radical (unpaired) electrons. The molecule has 4 aromatic rings. The van der Waals surface area contributed by atoms with Crippen LogP contribution in [-0.4, -0.2) is 52.7 Å². The van der Waals surface area contributed by atoms with Crippen LogP contribution in [0.4, 0.5) is 0 Å². The van der Waals surface area contributed by atoms with Crippen molar-refractivity contribution in [3.05, 3.63) is 99.1 Å². The molecule has 0 bridgehead atoms. The maximum Gasteiger partial charge on any atom is 0.270 e. The van der Waals surface area contributed by atoms with Crippen molar-refractivity contribution in [1.82, 2.24) is 9.47 Å². The molecule has 0 spiro atoms. The van der Waals surface area contributed by atoms with Crippen molar-refractivity contribution in [2.45, 2.75) is 18.3 Å². The summed E-state index contributed by atoms with van der Waals surface area (Å²) in [6.07, 6.45) is 0.802. The predicted octanol–water partition coefficient (Wildman–Crippen LogP) is 6.35. The Morgan fingerprint density at radius 3 is 2.14 bits per heavy atom. The lowest BCUT2D eigenvalue weighted by molar-refractivity contribution is -0.125. The summed E-state index contributed by atoms with van der Waals surface area (Å²) in [7, 11) is 1.84. The molecule has 0 aliphatic carbocycles. The Bertz CT molecular complexity index is 1610. The summed E-state index contributed by atoms with van der Waals surface area (Å²) in [5, 5.41) is 10.6. The first-order chi connectivity index (χ1) is 20.1. The summed E-state index contributed by atoms with van der Waals surface area (Å²) in [4.78, 5) is 28.5. The van der Waals surface area contributed by atoms with Crippen molar-refractivity contribution in [1.29, 1.82) is 0 Å². The van der Waals surface area contributed by atoms with Gasteiger partial charge in [-0.3, -0.25) is 9.59 Å². The van der Waals surface area contributed by atoms with E-state index in [9.17, 15) is 9.59 Å². The molecule has 5 rings (SSSR count). The number of nitrogens with two attached hydrogens (primary N) is 1. The smallest absolute Gasteiger partial charge is 0.270 e. The molecule has 0 unspecified atom stereocenters. The fourth-order valence-electron chi connectivity index (χ4n) is 5.64. The zero-order chi connectivity index (χ0) is 30.0. The number of likely N-dealkylation sites (tertiary alicyclic amines) is 1. The number of aliphatic hydroxyl groups is 1. The number of carbonyl (C=O) groups excluding carboxylic acids is 2. The van der Waals surface area contributed by atoms with E-state index in [4.69, 9.17) is 50.4 Å². The van der Waals surface area contributed by atoms with Crippen LogP contribution in [0.5, 0.6) is 5.75 Å². The molecule has 0 atom stereocenters. The van der Waals surface area contributed by atoms with Gasteiger partial charge in [-0.1, -0.05) is 53.0 Å². The van der Waals surface area contributed by atoms with E-state index in [1.807, 2.05) is 60.1 Å². The van der Waals surface area contributed by atoms with Crippen LogP contribution < -0.4 is 10.5 Å². The Balaban J connectivity index is 1.49. The highest BCUT2D eigenvalue weighted by Gasteiger charge is 2.43. The molecule has 1 saturated heterocycles. The van der Waals surface area contributed by atoms with Gasteiger partial charge >= 0.3 is 0 Å². The van der Waals surface area contributed by atoms with Gasteiger partial charge in [-0.15, -0.1) is 0 Å². The Hall–Kier alpha value is -3.49. The standard InChI is InChI=1S/C32H30Cl3N3O4/c1-37-28(30(40)38-14-12-32(13-15-38,31(36)41)21-4-6-22(33)7-5-21)19-26(25-11-8-23(34)18-27(25)35)29(37)20-2-9-24(10-3-20)42-17-16-39/h2-11,18-19,39H,12-17H2,1H3,(H2,36,41). The summed E-state index contributed by atoms with van der Waals surface area (Å²) < 4.78 is 7.39. The van der Waals surface area contributed by atoms with E-state index in [-0.39, 0.29) is 19.1 Å². The highest BCUT2D eigenvalue weighted by Crippen LogP contribution is 2.41. The number of nitrogens with zero attached hydrogens (tertiary/aromatic N) is 2. The number of hydrogen-bond donors (Lipinski definition) is 2. The number of aliphatic hydroxyl groups excluding tert-OH is 1. The third kappa shape index (κ3) is 5.75. The lowest BCUT2D eigenvalue weighted by Crippen LogP contribution is -2.51. The Morgan fingerprint density at radius 2 is 1.55 bits per heavy atom. The molecule has 2 heterocycles. The molecule has 1 fully saturated rings. The molecule has 2 amide bonds. The van der Waals surface area contributed by atoms with Crippen LogP contribution in [-0.2, 0) is 17.3 Å². The topological polar surface area (TPSA) is 97.8 Å². The van der Waals surface area contributed by atoms with Crippen molar-refractivity contribution in [2.75, 3.05) is 26.3 Å². The second kappa shape index (κ2) is 12.4. The molecule has 218 valence electrons. The van der Waals surface area contributed by atoms with Crippen molar-refractivity contribution in [3.8, 4) is 28.1 Å². The second-order valence-corrected chi connectivity index (χ2v) is 11.6. The molecular weight excluding hydrogens is 597 g/mol. The molecule has 3 N–H and O–H groups in total. The fraction of sp³-hybridized carbons (Fsp3) is 0.250. The summed E-state index contributed by atoms with van der Waals surface area (Å²) in [6, 6.07) is 21.7. The lowest BCUT2D eigenvalue weighted by atomic mass is 9.72. The van der Waals surface area contributed by atoms with Gasteiger partial charge in [0, 0.05) is 46.3 Å². The van der Waals surface area contributed by atoms with Gasteiger partial charge in [0.1, 0.15) is 18.1 Å². The zero-order valence-electron chi connectivity index (χ0n) is 22.9. The highest BCUT2D eigenvalue weighted by molar-refractivity contribution is 6.36. The van der Waals surface area contributed by atoms with E-state index in [1.54, 1.807) is 29.2 Å². The first-order valence-electron chi connectivity index (χ1n) is 13.5. The van der Waals surface area contributed by atoms with Crippen LogP contribution in [0.3, 0.4) is 0 Å². The Morgan fingerprint density at radius 1 is 0.905 bits per heavy atom. The van der Waals surface area contributed by atoms with Crippen molar-refractivity contribution >= 4 is 46.6 Å². The van der Waals surface area contributed by atoms with E-state index >= 15 is 0 Å². The first-order valence-corrected chi connectivity index (χ1v) is 14.6. The van der Waals surface area contributed by atoms with Gasteiger partial charge in [0.05, 0.1) is 17.7 Å². The normalized spacial score (nSPS) is 14.5. The minimum atomic E-state index is -0.872. The maximum absolute atomic E-state index is 14.0. The average molecular weight is 627 g/mol. The third-order valence-corrected chi connectivity index (χ3v) is 8.73. The number of aromatic nitrogens is 1. The molecule has 0 saturated carbocycles. The summed E-state index contributed by atoms with van der Waals surface area (Å²) in [5.41, 5.74) is 9.48. The van der Waals surface area contributed by atoms with Gasteiger partial charge in [0.15, 0.2) is 0 Å². The highest BCUT2D eigenvalue weighted by atomic mass is 35.5. The minimum absolute atomic E-state index is 0.0823. The van der Waals surface area contributed by atoms with Gasteiger partial charge in [0.25, 0.3) is 5.91 Å². The number of rotatable bonds is 8. The molecular formula is C32H30Cl3N3O4. The third-order valence-electron chi connectivity index (χ3n) is 7.93. The summed E-state index contributed by atoms with van der Waals surface area (Å²) in [5.74, 6) is 0.0487. The molecule has 1 aliphatic rings. The van der Waals surface area contributed by atoms with Crippen LogP contribution in [0.1, 0.15) is 28.9 Å². The molecule has 1 aromatic heterocycles. The van der Waals surface area contributed by atoms with E-state index in [0.29, 0.717) is 52.4 Å². The predicted molar refractivity (Wildman–Crippen MR) is 166 cm³/mol. The largest absolute Gasteiger partial charge is 0.491 e. The van der Waals surface area contributed by atoms with Gasteiger partial charge in [0.2, 0.25) is 5.91 Å². The van der Waals surface area contributed by atoms with Crippen LogP contribution in [0, 0.1) is 0 Å². The molecule has 7 nitrogen and oxygen atoms in total. The van der Waals surface area contributed by atoms with Crippen LogP contribution in [0.2, 0.25) is 15.1 Å². The van der Waals surface area contributed by atoms with Crippen molar-refractivity contribution in [3.63, 3.8) is 0 Å². The van der Waals surface area contributed by atoms with Crippen molar-refractivity contribution < 1.29 is 19.4 Å². The maximum atomic E-state index is 14.0. The first kappa shape index (κ1) is 30.0. The van der Waals surface area contributed by atoms with Crippen LogP contribution >= 0.6 is 34.8 Å². The lowest BCUT2D eigenvalue weighted by Gasteiger charge is -2.40. The van der Waals surface area contributed by atoms with Gasteiger partial charge in [-0.25, -0.2) is 0 Å². The second-order valence-electron chi connectivity index (χ2n) is 10.3. The zero-order valence-corrected chi connectivity index (χ0v) is 25.2. The molecule has 1 aliphatic heterocycles. The Kier molecular flexibility index (Phi) is 8.85. The number of hydrogen-bond acceptors (Lipinski definition) is 4. The van der Waals surface area contributed by atoms with E-state index < -0.39 is 11.3 Å². The van der Waals surface area contributed by atoms with Crippen molar-refractivity contribution in [2.24, 2.45) is 12.8 Å². The average Bonchev–Trinajstić information content (AvgIpc) is 3.32. The van der Waals surface area contributed by atoms with Gasteiger partial charge in [-0.2, -0.15) is 0 Å². The number of ether oxygens (including phenoxy) is 1. The number of piperidine rings is 1. The fourth-order valence-corrected chi connectivity index (χ4v) is 6.28.